The van der Waals surface area contributed by atoms with Gasteiger partial charge in [0.15, 0.2) is 0 Å². The van der Waals surface area contributed by atoms with Crippen LogP contribution in [0.5, 0.6) is 0 Å². The number of likely N-dealkylation sites (tertiary alicyclic amines) is 1. The molecule has 10 heteroatoms. The van der Waals surface area contributed by atoms with Crippen LogP contribution in [0.4, 0.5) is 0 Å². The third-order valence-electron chi connectivity index (χ3n) is 2.66. The Morgan fingerprint density at radius 1 is 1.44 bits per heavy atom. The van der Waals surface area contributed by atoms with Gasteiger partial charge >= 0.3 is 16.4 Å². The van der Waals surface area contributed by atoms with Crippen molar-refractivity contribution >= 4 is 22.3 Å². The molecule has 1 aliphatic heterocycles. The van der Waals surface area contributed by atoms with E-state index in [0.29, 0.717) is 18.6 Å². The Morgan fingerprint density at radius 3 is 2.20 bits per heavy atom. The summed E-state index contributed by atoms with van der Waals surface area (Å²) >= 11 is 0. The van der Waals surface area contributed by atoms with E-state index in [-0.39, 0.29) is 11.9 Å². The number of hydrogen-bond donors (Lipinski definition) is 1. The summed E-state index contributed by atoms with van der Waals surface area (Å²) < 4.78 is 34.5. The first-order chi connectivity index (χ1) is 11.4. The van der Waals surface area contributed by atoms with Gasteiger partial charge in [0.1, 0.15) is 6.61 Å². The average Bonchev–Trinajstić information content (AvgIpc) is 2.92. The molecular formula is C15H28N2O7S. The fraction of sp³-hybridized carbons (Fsp3) is 0.600. The van der Waals surface area contributed by atoms with Crippen molar-refractivity contribution in [1.82, 2.24) is 9.80 Å². The van der Waals surface area contributed by atoms with Crippen LogP contribution in [0.1, 0.15) is 19.8 Å². The van der Waals surface area contributed by atoms with Gasteiger partial charge < -0.3 is 14.5 Å². The van der Waals surface area contributed by atoms with Gasteiger partial charge in [0.05, 0.1) is 7.11 Å². The quantitative estimate of drug-likeness (QED) is 0.410. The minimum absolute atomic E-state index is 0.208. The molecule has 9 nitrogen and oxygen atoms in total. The number of rotatable bonds is 6. The molecule has 0 atom stereocenters. The molecule has 1 rings (SSSR count). The molecule has 1 amide bonds. The standard InChI is InChI=1S/C8H15NO2.C6H9NO.CH4O4S/c1-7(2)8(10)11-6-5-9(3)4;1-2-7-5-3-4-6(7)8;1-5-6(2,3)4/h1,5-6H2,2-4H3;2H,1,3-5H2;1H3,(H,2,3,4). The van der Waals surface area contributed by atoms with Crippen LogP contribution in [0.25, 0.3) is 0 Å². The van der Waals surface area contributed by atoms with E-state index >= 15 is 0 Å². The van der Waals surface area contributed by atoms with Crippen LogP contribution in [0.3, 0.4) is 0 Å². The third-order valence-corrected chi connectivity index (χ3v) is 3.08. The molecule has 25 heavy (non-hydrogen) atoms. The van der Waals surface area contributed by atoms with Gasteiger partial charge in [-0.25, -0.2) is 4.79 Å². The number of amides is 1. The molecule has 0 spiro atoms. The van der Waals surface area contributed by atoms with Crippen molar-refractivity contribution < 1.29 is 31.5 Å². The van der Waals surface area contributed by atoms with E-state index in [4.69, 9.17) is 9.29 Å². The van der Waals surface area contributed by atoms with E-state index in [0.717, 1.165) is 26.6 Å². The van der Waals surface area contributed by atoms with Gasteiger partial charge in [0.2, 0.25) is 5.91 Å². The molecule has 0 aliphatic carbocycles. The SMILES string of the molecule is C=C(C)C(=O)OCCN(C)C.C=CN1CCCC1=O.COS(=O)(=O)O. The fourth-order valence-electron chi connectivity index (χ4n) is 1.31. The molecule has 0 unspecified atom stereocenters. The minimum Gasteiger partial charge on any atom is -0.461 e. The number of hydrogen-bond acceptors (Lipinski definition) is 7. The lowest BCUT2D eigenvalue weighted by Gasteiger charge is -2.09. The van der Waals surface area contributed by atoms with Crippen LogP contribution < -0.4 is 0 Å². The highest BCUT2D eigenvalue weighted by molar-refractivity contribution is 7.80. The topological polar surface area (TPSA) is 113 Å². The maximum absolute atomic E-state index is 10.8. The first kappa shape index (κ1) is 25.5. The van der Waals surface area contributed by atoms with Crippen molar-refractivity contribution in [3.63, 3.8) is 0 Å². The Balaban J connectivity index is 0. The second kappa shape index (κ2) is 13.5. The highest BCUT2D eigenvalue weighted by atomic mass is 32.3. The lowest BCUT2D eigenvalue weighted by atomic mass is 10.4. The molecule has 0 aromatic heterocycles. The number of ether oxygens (including phenoxy) is 1. The zero-order valence-corrected chi connectivity index (χ0v) is 16.0. The van der Waals surface area contributed by atoms with Gasteiger partial charge in [-0.1, -0.05) is 13.2 Å². The molecule has 1 aliphatic rings. The van der Waals surface area contributed by atoms with Crippen molar-refractivity contribution in [2.45, 2.75) is 19.8 Å². The van der Waals surface area contributed by atoms with E-state index < -0.39 is 10.4 Å². The number of carbonyl (C=O) groups is 2. The van der Waals surface area contributed by atoms with Gasteiger partial charge in [-0.3, -0.25) is 13.5 Å². The highest BCUT2D eigenvalue weighted by Crippen LogP contribution is 2.08. The van der Waals surface area contributed by atoms with Crippen LogP contribution in [-0.2, 0) is 28.9 Å². The van der Waals surface area contributed by atoms with Gasteiger partial charge in [-0.15, -0.1) is 0 Å². The molecule has 1 N–H and O–H groups in total. The molecule has 0 radical (unpaired) electrons. The van der Waals surface area contributed by atoms with Crippen molar-refractivity contribution in [3.05, 3.63) is 24.9 Å². The van der Waals surface area contributed by atoms with Crippen LogP contribution in [0, 0.1) is 0 Å². The normalized spacial score (nSPS) is 13.4. The first-order valence-corrected chi connectivity index (χ1v) is 8.73. The molecule has 1 fully saturated rings. The Hall–Kier alpha value is -1.75. The van der Waals surface area contributed by atoms with Gasteiger partial charge in [-0.2, -0.15) is 8.42 Å². The smallest absolute Gasteiger partial charge is 0.397 e. The molecular weight excluding hydrogens is 352 g/mol. The van der Waals surface area contributed by atoms with Crippen molar-refractivity contribution in [2.24, 2.45) is 0 Å². The summed E-state index contributed by atoms with van der Waals surface area (Å²) in [7, 11) is 0.559. The average molecular weight is 380 g/mol. The van der Waals surface area contributed by atoms with Crippen LogP contribution in [-0.4, -0.2) is 75.5 Å². The summed E-state index contributed by atoms with van der Waals surface area (Å²) in [5, 5.41) is 0. The largest absolute Gasteiger partial charge is 0.461 e. The van der Waals surface area contributed by atoms with Crippen molar-refractivity contribution in [2.75, 3.05) is 40.9 Å². The summed E-state index contributed by atoms with van der Waals surface area (Å²) in [5.41, 5.74) is 0.448. The summed E-state index contributed by atoms with van der Waals surface area (Å²) in [6.07, 6.45) is 3.28. The van der Waals surface area contributed by atoms with E-state index in [9.17, 15) is 18.0 Å². The summed E-state index contributed by atoms with van der Waals surface area (Å²) in [5.74, 6) is -0.105. The number of esters is 1. The number of nitrogens with zero attached hydrogens (tertiary/aromatic N) is 2. The molecule has 1 heterocycles. The molecule has 0 aromatic carbocycles. The lowest BCUT2D eigenvalue weighted by molar-refractivity contribution is -0.139. The Labute approximate surface area is 149 Å². The Kier molecular flexibility index (Phi) is 13.8. The fourth-order valence-corrected chi connectivity index (χ4v) is 1.31. The monoisotopic (exact) mass is 380 g/mol. The number of likely N-dealkylation sites (N-methyl/N-ethyl adjacent to an activating group) is 1. The van der Waals surface area contributed by atoms with Gasteiger partial charge in [0.25, 0.3) is 0 Å². The van der Waals surface area contributed by atoms with E-state index in [1.807, 2.05) is 19.0 Å². The molecule has 0 bridgehead atoms. The van der Waals surface area contributed by atoms with Gasteiger partial charge in [0, 0.05) is 25.1 Å². The highest BCUT2D eigenvalue weighted by Gasteiger charge is 2.16. The van der Waals surface area contributed by atoms with Crippen LogP contribution in [0.2, 0.25) is 0 Å². The summed E-state index contributed by atoms with van der Waals surface area (Å²) in [6, 6.07) is 0. The Morgan fingerprint density at radius 2 is 1.96 bits per heavy atom. The minimum atomic E-state index is -4.16. The second-order valence-electron chi connectivity index (χ2n) is 5.19. The maximum atomic E-state index is 10.8. The maximum Gasteiger partial charge on any atom is 0.397 e. The lowest BCUT2D eigenvalue weighted by Crippen LogP contribution is -2.20. The number of carbonyl (C=O) groups excluding carboxylic acids is 2. The molecule has 1 saturated heterocycles. The zero-order valence-electron chi connectivity index (χ0n) is 15.2. The first-order valence-electron chi connectivity index (χ1n) is 7.37. The van der Waals surface area contributed by atoms with Crippen molar-refractivity contribution in [1.29, 1.82) is 0 Å². The van der Waals surface area contributed by atoms with Crippen LogP contribution in [0.15, 0.2) is 24.9 Å². The predicted octanol–water partition coefficient (Wildman–Crippen LogP) is 0.855. The molecule has 0 saturated carbocycles. The van der Waals surface area contributed by atoms with E-state index in [2.05, 4.69) is 17.3 Å². The third kappa shape index (κ3) is 16.9. The van der Waals surface area contributed by atoms with E-state index in [1.165, 1.54) is 0 Å². The van der Waals surface area contributed by atoms with Crippen molar-refractivity contribution in [3.8, 4) is 0 Å². The molecule has 146 valence electrons. The summed E-state index contributed by atoms with van der Waals surface area (Å²) in [4.78, 5) is 25.0. The predicted molar refractivity (Wildman–Crippen MR) is 94.0 cm³/mol. The molecule has 0 aromatic rings. The van der Waals surface area contributed by atoms with Crippen LogP contribution >= 0.6 is 0 Å². The van der Waals surface area contributed by atoms with E-state index in [1.54, 1.807) is 18.0 Å². The second-order valence-corrected chi connectivity index (χ2v) is 6.38. The summed E-state index contributed by atoms with van der Waals surface area (Å²) in [6.45, 7) is 10.6. The Bertz CT molecular complexity index is 544. The zero-order chi connectivity index (χ0) is 20.0. The van der Waals surface area contributed by atoms with Gasteiger partial charge in [-0.05, 0) is 33.6 Å².